The molecule has 0 N–H and O–H groups in total. The van der Waals surface area contributed by atoms with Crippen LogP contribution < -0.4 is 4.74 Å². The molecule has 0 aliphatic carbocycles. The number of nitrogens with zero attached hydrogens (tertiary/aromatic N) is 4. The number of para-hydroxylation sites is 1. The average Bonchev–Trinajstić information content (AvgIpc) is 3.39. The van der Waals surface area contributed by atoms with Crippen molar-refractivity contribution >= 4 is 17.5 Å². The number of aromatic nitrogens is 4. The van der Waals surface area contributed by atoms with Gasteiger partial charge in [0.05, 0.1) is 18.4 Å². The highest BCUT2D eigenvalue weighted by Gasteiger charge is 2.20. The number of benzene rings is 2. The van der Waals surface area contributed by atoms with Crippen LogP contribution in [0, 0.1) is 13.8 Å². The molecule has 0 amide bonds. The van der Waals surface area contributed by atoms with Gasteiger partial charge in [-0.3, -0.25) is 9.36 Å². The largest absolute Gasteiger partial charge is 0.496 e. The molecule has 0 radical (unpaired) electrons. The van der Waals surface area contributed by atoms with E-state index in [0.717, 1.165) is 34.8 Å². The fraction of sp³-hybridized carbons (Fsp3) is 0.222. The van der Waals surface area contributed by atoms with Crippen molar-refractivity contribution in [2.24, 2.45) is 0 Å². The van der Waals surface area contributed by atoms with Gasteiger partial charge in [-0.15, -0.1) is 16.8 Å². The summed E-state index contributed by atoms with van der Waals surface area (Å²) in [4.78, 5) is 13.2. The van der Waals surface area contributed by atoms with Crippen LogP contribution in [0.2, 0.25) is 0 Å². The minimum absolute atomic E-state index is 0.0735. The van der Waals surface area contributed by atoms with Crippen molar-refractivity contribution in [2.45, 2.75) is 32.1 Å². The molecular formula is C27H28N4O2S. The van der Waals surface area contributed by atoms with Gasteiger partial charge < -0.3 is 9.30 Å². The third-order valence-corrected chi connectivity index (χ3v) is 6.73. The van der Waals surface area contributed by atoms with Crippen molar-refractivity contribution in [2.75, 3.05) is 12.9 Å². The Balaban J connectivity index is 1.54. The highest BCUT2D eigenvalue weighted by atomic mass is 32.2. The highest BCUT2D eigenvalue weighted by molar-refractivity contribution is 7.99. The number of rotatable bonds is 10. The van der Waals surface area contributed by atoms with Crippen molar-refractivity contribution in [3.8, 4) is 17.1 Å². The molecule has 2 aromatic heterocycles. The lowest BCUT2D eigenvalue weighted by Crippen LogP contribution is -2.08. The van der Waals surface area contributed by atoms with E-state index in [4.69, 9.17) is 4.74 Å². The van der Waals surface area contributed by atoms with Gasteiger partial charge in [0.1, 0.15) is 5.75 Å². The van der Waals surface area contributed by atoms with E-state index in [-0.39, 0.29) is 11.5 Å². The van der Waals surface area contributed by atoms with Gasteiger partial charge in [-0.25, -0.2) is 0 Å². The Hall–Kier alpha value is -3.58. The standard InChI is InChI=1S/C27H28N4O2S/c1-5-15-30-26(22-13-9-10-14-25(22)33-4)28-29-27(30)34-18-24(32)23-16-19(2)31(20(23)3)17-21-11-7-6-8-12-21/h5-14,16H,1,15,17-18H2,2-4H3. The highest BCUT2D eigenvalue weighted by Crippen LogP contribution is 2.31. The van der Waals surface area contributed by atoms with Crippen LogP contribution in [-0.4, -0.2) is 38.0 Å². The third-order valence-electron chi connectivity index (χ3n) is 5.77. The van der Waals surface area contributed by atoms with Gasteiger partial charge in [-0.05, 0) is 37.6 Å². The van der Waals surface area contributed by atoms with Crippen LogP contribution in [0.3, 0.4) is 0 Å². The maximum Gasteiger partial charge on any atom is 0.192 e. The second kappa shape index (κ2) is 10.6. The number of Topliss-reactive ketones (excluding diaryl/α,β-unsaturated/α-hetero) is 1. The van der Waals surface area contributed by atoms with Crippen LogP contribution in [-0.2, 0) is 13.1 Å². The number of thioether (sulfide) groups is 1. The van der Waals surface area contributed by atoms with E-state index in [9.17, 15) is 4.79 Å². The fourth-order valence-electron chi connectivity index (χ4n) is 4.02. The molecule has 2 heterocycles. The van der Waals surface area contributed by atoms with E-state index in [1.54, 1.807) is 13.2 Å². The monoisotopic (exact) mass is 472 g/mol. The van der Waals surface area contributed by atoms with Crippen molar-refractivity contribution in [3.05, 3.63) is 95.8 Å². The van der Waals surface area contributed by atoms with Crippen LogP contribution >= 0.6 is 11.8 Å². The number of ketones is 1. The Bertz CT molecular complexity index is 1310. The summed E-state index contributed by atoms with van der Waals surface area (Å²) in [6.45, 7) is 9.19. The SMILES string of the molecule is C=CCn1c(SCC(=O)c2cc(C)n(Cc3ccccc3)c2C)nnc1-c1ccccc1OC. The summed E-state index contributed by atoms with van der Waals surface area (Å²) in [6, 6.07) is 19.9. The van der Waals surface area contributed by atoms with Crippen LogP contribution in [0.5, 0.6) is 5.75 Å². The first-order chi connectivity index (χ1) is 16.5. The van der Waals surface area contributed by atoms with Gasteiger partial charge >= 0.3 is 0 Å². The summed E-state index contributed by atoms with van der Waals surface area (Å²) in [7, 11) is 1.63. The van der Waals surface area contributed by atoms with E-state index in [1.807, 2.05) is 66.9 Å². The zero-order chi connectivity index (χ0) is 24.1. The van der Waals surface area contributed by atoms with Crippen molar-refractivity contribution in [3.63, 3.8) is 0 Å². The maximum absolute atomic E-state index is 13.2. The molecule has 0 aliphatic rings. The van der Waals surface area contributed by atoms with E-state index in [1.165, 1.54) is 17.3 Å². The number of methoxy groups -OCH3 is 1. The molecule has 4 rings (SSSR count). The Morgan fingerprint density at radius 1 is 1.06 bits per heavy atom. The van der Waals surface area contributed by atoms with E-state index >= 15 is 0 Å². The molecule has 34 heavy (non-hydrogen) atoms. The fourth-order valence-corrected chi connectivity index (χ4v) is 4.85. The van der Waals surface area contributed by atoms with E-state index in [2.05, 4.69) is 33.5 Å². The van der Waals surface area contributed by atoms with Crippen LogP contribution in [0.25, 0.3) is 11.4 Å². The minimum Gasteiger partial charge on any atom is -0.496 e. The van der Waals surface area contributed by atoms with Crippen LogP contribution in [0.15, 0.2) is 78.5 Å². The number of hydrogen-bond donors (Lipinski definition) is 0. The van der Waals surface area contributed by atoms with Gasteiger partial charge in [0.25, 0.3) is 0 Å². The molecule has 7 heteroatoms. The summed E-state index contributed by atoms with van der Waals surface area (Å²) in [6.07, 6.45) is 1.80. The second-order valence-electron chi connectivity index (χ2n) is 7.97. The molecule has 2 aromatic carbocycles. The molecule has 174 valence electrons. The smallest absolute Gasteiger partial charge is 0.192 e. The molecule has 4 aromatic rings. The van der Waals surface area contributed by atoms with Gasteiger partial charge in [0.15, 0.2) is 16.8 Å². The Kier molecular flexibility index (Phi) is 7.33. The molecule has 0 unspecified atom stereocenters. The van der Waals surface area contributed by atoms with Crippen molar-refractivity contribution in [1.29, 1.82) is 0 Å². The number of aryl methyl sites for hydroxylation is 1. The summed E-state index contributed by atoms with van der Waals surface area (Å²) >= 11 is 1.39. The van der Waals surface area contributed by atoms with E-state index in [0.29, 0.717) is 17.5 Å². The molecule has 0 spiro atoms. The molecular weight excluding hydrogens is 444 g/mol. The first kappa shape index (κ1) is 23.6. The van der Waals surface area contributed by atoms with Crippen LogP contribution in [0.1, 0.15) is 27.3 Å². The lowest BCUT2D eigenvalue weighted by Gasteiger charge is -2.11. The minimum atomic E-state index is 0.0735. The maximum atomic E-state index is 13.2. The van der Waals surface area contributed by atoms with Crippen molar-refractivity contribution in [1.82, 2.24) is 19.3 Å². The van der Waals surface area contributed by atoms with Crippen LogP contribution in [0.4, 0.5) is 0 Å². The molecule has 0 saturated heterocycles. The topological polar surface area (TPSA) is 61.9 Å². The third kappa shape index (κ3) is 4.84. The van der Waals surface area contributed by atoms with Gasteiger partial charge in [0, 0.05) is 30.0 Å². The molecule has 0 bridgehead atoms. The summed E-state index contributed by atoms with van der Waals surface area (Å²) < 4.78 is 9.64. The summed E-state index contributed by atoms with van der Waals surface area (Å²) in [5, 5.41) is 9.44. The Morgan fingerprint density at radius 3 is 2.53 bits per heavy atom. The summed E-state index contributed by atoms with van der Waals surface area (Å²) in [5.41, 5.74) is 4.86. The second-order valence-corrected chi connectivity index (χ2v) is 8.92. The number of hydrogen-bond acceptors (Lipinski definition) is 5. The Labute approximate surface area is 204 Å². The molecule has 0 fully saturated rings. The summed E-state index contributed by atoms with van der Waals surface area (Å²) in [5.74, 6) is 1.76. The number of carbonyl (C=O) groups is 1. The zero-order valence-corrected chi connectivity index (χ0v) is 20.5. The number of ether oxygens (including phenoxy) is 1. The van der Waals surface area contributed by atoms with Gasteiger partial charge in [0.2, 0.25) is 0 Å². The first-order valence-electron chi connectivity index (χ1n) is 11.1. The Morgan fingerprint density at radius 2 is 1.79 bits per heavy atom. The predicted octanol–water partition coefficient (Wildman–Crippen LogP) is 5.58. The number of carbonyl (C=O) groups excluding carboxylic acids is 1. The lowest BCUT2D eigenvalue weighted by atomic mass is 10.2. The average molecular weight is 473 g/mol. The van der Waals surface area contributed by atoms with E-state index < -0.39 is 0 Å². The molecule has 0 saturated carbocycles. The molecule has 6 nitrogen and oxygen atoms in total. The quantitative estimate of drug-likeness (QED) is 0.171. The predicted molar refractivity (Wildman–Crippen MR) is 137 cm³/mol. The zero-order valence-electron chi connectivity index (χ0n) is 19.7. The number of allylic oxidation sites excluding steroid dienone is 1. The lowest BCUT2D eigenvalue weighted by molar-refractivity contribution is 0.102. The van der Waals surface area contributed by atoms with Crippen molar-refractivity contribution < 1.29 is 9.53 Å². The normalized spacial score (nSPS) is 10.9. The van der Waals surface area contributed by atoms with Gasteiger partial charge in [-0.1, -0.05) is 60.3 Å². The van der Waals surface area contributed by atoms with Gasteiger partial charge in [-0.2, -0.15) is 0 Å². The first-order valence-corrected chi connectivity index (χ1v) is 12.1. The molecule has 0 atom stereocenters. The molecule has 0 aliphatic heterocycles.